The molecule has 21 heavy (non-hydrogen) atoms. The summed E-state index contributed by atoms with van der Waals surface area (Å²) >= 11 is 0. The van der Waals surface area contributed by atoms with E-state index in [9.17, 15) is 9.59 Å². The fourth-order valence-corrected chi connectivity index (χ4v) is 2.50. The average molecular weight is 288 g/mol. The Morgan fingerprint density at radius 2 is 2.00 bits per heavy atom. The number of hydrogen-bond acceptors (Lipinski definition) is 4. The van der Waals surface area contributed by atoms with E-state index in [4.69, 9.17) is 4.74 Å². The van der Waals surface area contributed by atoms with Gasteiger partial charge < -0.3 is 4.74 Å². The van der Waals surface area contributed by atoms with Crippen LogP contribution in [0.3, 0.4) is 0 Å². The second kappa shape index (κ2) is 6.08. The topological polar surface area (TPSA) is 67.8 Å². The van der Waals surface area contributed by atoms with Gasteiger partial charge in [-0.2, -0.15) is 5.10 Å². The fourth-order valence-electron chi connectivity index (χ4n) is 2.50. The van der Waals surface area contributed by atoms with Crippen LogP contribution in [0.1, 0.15) is 37.0 Å². The maximum absolute atomic E-state index is 11.3. The lowest BCUT2D eigenvalue weighted by Gasteiger charge is -2.21. The van der Waals surface area contributed by atoms with Crippen LogP contribution in [0.15, 0.2) is 17.2 Å². The highest BCUT2D eigenvalue weighted by atomic mass is 16.5. The number of benzene rings is 1. The maximum atomic E-state index is 11.3. The average Bonchev–Trinajstić information content (AvgIpc) is 2.37. The van der Waals surface area contributed by atoms with Crippen molar-refractivity contribution in [1.82, 2.24) is 5.43 Å². The minimum absolute atomic E-state index is 0.00846. The van der Waals surface area contributed by atoms with Crippen LogP contribution in [0.25, 0.3) is 0 Å². The van der Waals surface area contributed by atoms with Gasteiger partial charge in [-0.3, -0.25) is 9.59 Å². The number of amides is 1. The normalized spacial score (nSPS) is 18.0. The van der Waals surface area contributed by atoms with Crippen LogP contribution in [0, 0.1) is 19.8 Å². The van der Waals surface area contributed by atoms with Gasteiger partial charge in [-0.15, -0.1) is 0 Å². The molecule has 112 valence electrons. The lowest BCUT2D eigenvalue weighted by molar-refractivity contribution is -0.122. The number of carbonyl (C=O) groups is 2. The molecular weight excluding hydrogens is 268 g/mol. The molecule has 1 atom stereocenters. The van der Waals surface area contributed by atoms with Crippen molar-refractivity contribution in [3.05, 3.63) is 28.8 Å². The SMILES string of the molecule is CC(=O)COc1c(C)cc(C2=NNC(=O)CC2C)cc1C. The lowest BCUT2D eigenvalue weighted by Crippen LogP contribution is -2.32. The number of carbonyl (C=O) groups excluding carboxylic acids is 2. The quantitative estimate of drug-likeness (QED) is 0.923. The molecule has 0 radical (unpaired) electrons. The van der Waals surface area contributed by atoms with E-state index in [0.717, 1.165) is 28.2 Å². The first-order valence-electron chi connectivity index (χ1n) is 6.98. The summed E-state index contributed by atoms with van der Waals surface area (Å²) in [5.74, 6) is 0.760. The van der Waals surface area contributed by atoms with Crippen molar-refractivity contribution in [3.63, 3.8) is 0 Å². The van der Waals surface area contributed by atoms with Crippen LogP contribution >= 0.6 is 0 Å². The summed E-state index contributed by atoms with van der Waals surface area (Å²) in [7, 11) is 0. The van der Waals surface area contributed by atoms with E-state index in [1.807, 2.05) is 32.9 Å². The van der Waals surface area contributed by atoms with Gasteiger partial charge in [0.25, 0.3) is 0 Å². The predicted molar refractivity (Wildman–Crippen MR) is 80.6 cm³/mol. The number of rotatable bonds is 4. The molecular formula is C16H20N2O3. The Bertz CT molecular complexity index is 597. The number of aryl methyl sites for hydroxylation is 2. The first kappa shape index (κ1) is 15.2. The molecule has 1 unspecified atom stereocenters. The Kier molecular flexibility index (Phi) is 4.40. The summed E-state index contributed by atoms with van der Waals surface area (Å²) in [6.07, 6.45) is 0.444. The fraction of sp³-hybridized carbons (Fsp3) is 0.438. The van der Waals surface area contributed by atoms with E-state index in [1.165, 1.54) is 6.92 Å². The van der Waals surface area contributed by atoms with E-state index in [0.29, 0.717) is 6.42 Å². The Morgan fingerprint density at radius 3 is 2.52 bits per heavy atom. The molecule has 5 heteroatoms. The highest BCUT2D eigenvalue weighted by Crippen LogP contribution is 2.27. The van der Waals surface area contributed by atoms with Gasteiger partial charge in [-0.1, -0.05) is 6.92 Å². The largest absolute Gasteiger partial charge is 0.485 e. The third-order valence-electron chi connectivity index (χ3n) is 3.44. The van der Waals surface area contributed by atoms with Crippen molar-refractivity contribution in [2.24, 2.45) is 11.0 Å². The van der Waals surface area contributed by atoms with Crippen molar-refractivity contribution in [1.29, 1.82) is 0 Å². The predicted octanol–water partition coefficient (Wildman–Crippen LogP) is 2.13. The Morgan fingerprint density at radius 1 is 1.38 bits per heavy atom. The molecule has 1 N–H and O–H groups in total. The van der Waals surface area contributed by atoms with Gasteiger partial charge in [0.2, 0.25) is 5.91 Å². The highest BCUT2D eigenvalue weighted by molar-refractivity contribution is 6.06. The molecule has 1 aliphatic heterocycles. The minimum Gasteiger partial charge on any atom is -0.485 e. The van der Waals surface area contributed by atoms with Gasteiger partial charge in [0.1, 0.15) is 12.4 Å². The molecule has 1 aliphatic rings. The molecule has 0 bridgehead atoms. The van der Waals surface area contributed by atoms with Crippen molar-refractivity contribution in [2.45, 2.75) is 34.1 Å². The first-order chi connectivity index (χ1) is 9.88. The van der Waals surface area contributed by atoms with Crippen LogP contribution < -0.4 is 10.2 Å². The first-order valence-corrected chi connectivity index (χ1v) is 6.98. The number of hydrazone groups is 1. The Hall–Kier alpha value is -2.17. The standard InChI is InChI=1S/C16H20N2O3/c1-9-7-14(20)17-18-15(9)13-5-10(2)16(11(3)6-13)21-8-12(4)19/h5-6,9H,7-8H2,1-4H3,(H,17,20). The number of hydrogen-bond donors (Lipinski definition) is 1. The van der Waals surface area contributed by atoms with Gasteiger partial charge in [0.15, 0.2) is 5.78 Å². The second-order valence-corrected chi connectivity index (χ2v) is 5.57. The lowest BCUT2D eigenvalue weighted by atomic mass is 9.92. The highest BCUT2D eigenvalue weighted by Gasteiger charge is 2.22. The smallest absolute Gasteiger partial charge is 0.240 e. The molecule has 1 heterocycles. The number of nitrogens with zero attached hydrogens (tertiary/aromatic N) is 1. The van der Waals surface area contributed by atoms with E-state index in [-0.39, 0.29) is 24.2 Å². The monoisotopic (exact) mass is 288 g/mol. The molecule has 1 aromatic carbocycles. The number of ether oxygens (including phenoxy) is 1. The zero-order chi connectivity index (χ0) is 15.6. The maximum Gasteiger partial charge on any atom is 0.240 e. The van der Waals surface area contributed by atoms with Crippen LogP contribution in [0.4, 0.5) is 0 Å². The second-order valence-electron chi connectivity index (χ2n) is 5.57. The molecule has 5 nitrogen and oxygen atoms in total. The van der Waals surface area contributed by atoms with Crippen molar-refractivity contribution >= 4 is 17.4 Å². The molecule has 1 aromatic rings. The molecule has 0 fully saturated rings. The zero-order valence-electron chi connectivity index (χ0n) is 12.8. The van der Waals surface area contributed by atoms with Crippen LogP contribution in [-0.2, 0) is 9.59 Å². The molecule has 1 amide bonds. The van der Waals surface area contributed by atoms with E-state index >= 15 is 0 Å². The molecule has 0 aromatic heterocycles. The summed E-state index contributed by atoms with van der Waals surface area (Å²) < 4.78 is 5.56. The summed E-state index contributed by atoms with van der Waals surface area (Å²) in [6, 6.07) is 3.96. The molecule has 0 aliphatic carbocycles. The molecule has 2 rings (SSSR count). The Labute approximate surface area is 124 Å². The summed E-state index contributed by atoms with van der Waals surface area (Å²) in [4.78, 5) is 22.4. The van der Waals surface area contributed by atoms with Crippen molar-refractivity contribution in [2.75, 3.05) is 6.61 Å². The summed E-state index contributed by atoms with van der Waals surface area (Å²) in [5.41, 5.74) is 6.29. The number of Topliss-reactive ketones (excluding diaryl/α,β-unsaturated/α-hetero) is 1. The summed E-state index contributed by atoms with van der Waals surface area (Å²) in [5, 5.41) is 4.17. The van der Waals surface area contributed by atoms with Gasteiger partial charge in [0.05, 0.1) is 5.71 Å². The molecule has 0 saturated heterocycles. The van der Waals surface area contributed by atoms with Crippen molar-refractivity contribution < 1.29 is 14.3 Å². The zero-order valence-corrected chi connectivity index (χ0v) is 12.8. The van der Waals surface area contributed by atoms with Crippen molar-refractivity contribution in [3.8, 4) is 5.75 Å². The van der Waals surface area contributed by atoms with Crippen LogP contribution in [-0.4, -0.2) is 24.0 Å². The van der Waals surface area contributed by atoms with Gasteiger partial charge in [-0.05, 0) is 49.6 Å². The third kappa shape index (κ3) is 3.48. The minimum atomic E-state index is -0.0545. The van der Waals surface area contributed by atoms with Gasteiger partial charge in [0, 0.05) is 12.3 Å². The number of ketones is 1. The van der Waals surface area contributed by atoms with Gasteiger partial charge >= 0.3 is 0 Å². The van der Waals surface area contributed by atoms with Crippen LogP contribution in [0.5, 0.6) is 5.75 Å². The van der Waals surface area contributed by atoms with E-state index < -0.39 is 0 Å². The van der Waals surface area contributed by atoms with Crippen LogP contribution in [0.2, 0.25) is 0 Å². The molecule has 0 spiro atoms. The van der Waals surface area contributed by atoms with Gasteiger partial charge in [-0.25, -0.2) is 5.43 Å². The Balaban J connectivity index is 2.31. The van der Waals surface area contributed by atoms with E-state index in [2.05, 4.69) is 10.5 Å². The summed E-state index contributed by atoms with van der Waals surface area (Å²) in [6.45, 7) is 7.45. The molecule has 0 saturated carbocycles. The third-order valence-corrected chi connectivity index (χ3v) is 3.44. The van der Waals surface area contributed by atoms with E-state index in [1.54, 1.807) is 0 Å². The number of nitrogens with one attached hydrogen (secondary N) is 1.